The molecule has 166 valence electrons. The molecule has 1 aliphatic rings. The van der Waals surface area contributed by atoms with E-state index in [1.54, 1.807) is 43.3 Å². The van der Waals surface area contributed by atoms with Gasteiger partial charge in [-0.2, -0.15) is 0 Å². The van der Waals surface area contributed by atoms with Crippen molar-refractivity contribution in [2.45, 2.75) is 24.5 Å². The standard InChI is InChI=1S/C24H24N2O5S/c1-17-14-19(12-13-21(17)30-2)32(28,29)26-16-23(31-22-11-7-6-10-20(22)26)24(27)25-15-18-8-4-3-5-9-18/h3-14,23H,15-16H2,1-2H3,(H,25,27)/t23-/m0/s1. The Morgan fingerprint density at radius 3 is 2.53 bits per heavy atom. The Balaban J connectivity index is 1.62. The first-order valence-electron chi connectivity index (χ1n) is 10.1. The SMILES string of the molecule is COc1ccc(S(=O)(=O)N2C[C@@H](C(=O)NCc3ccccc3)Oc3ccccc32)cc1C. The molecule has 0 bridgehead atoms. The summed E-state index contributed by atoms with van der Waals surface area (Å²) in [6, 6.07) is 21.0. The third-order valence-electron chi connectivity index (χ3n) is 5.29. The van der Waals surface area contributed by atoms with Crippen molar-refractivity contribution in [3.8, 4) is 11.5 Å². The summed E-state index contributed by atoms with van der Waals surface area (Å²) in [6.45, 7) is 1.97. The second-order valence-electron chi connectivity index (χ2n) is 7.45. The summed E-state index contributed by atoms with van der Waals surface area (Å²) < 4.78 is 39.4. The number of para-hydroxylation sites is 2. The first-order chi connectivity index (χ1) is 15.4. The fraction of sp³-hybridized carbons (Fsp3) is 0.208. The zero-order chi connectivity index (χ0) is 22.7. The van der Waals surface area contributed by atoms with Crippen LogP contribution in [-0.2, 0) is 21.4 Å². The van der Waals surface area contributed by atoms with E-state index in [0.29, 0.717) is 29.3 Å². The van der Waals surface area contributed by atoms with Crippen molar-refractivity contribution in [1.82, 2.24) is 5.32 Å². The number of nitrogens with one attached hydrogen (secondary N) is 1. The molecule has 1 atom stereocenters. The number of hydrogen-bond acceptors (Lipinski definition) is 5. The highest BCUT2D eigenvalue weighted by molar-refractivity contribution is 7.92. The van der Waals surface area contributed by atoms with Crippen LogP contribution in [-0.4, -0.2) is 34.1 Å². The molecule has 1 N–H and O–H groups in total. The van der Waals surface area contributed by atoms with Crippen molar-refractivity contribution in [3.05, 3.63) is 83.9 Å². The van der Waals surface area contributed by atoms with E-state index in [4.69, 9.17) is 9.47 Å². The summed E-state index contributed by atoms with van der Waals surface area (Å²) >= 11 is 0. The van der Waals surface area contributed by atoms with Crippen LogP contribution in [0.15, 0.2) is 77.7 Å². The van der Waals surface area contributed by atoms with E-state index in [0.717, 1.165) is 5.56 Å². The second-order valence-corrected chi connectivity index (χ2v) is 9.31. The number of aryl methyl sites for hydroxylation is 1. The molecule has 0 aliphatic carbocycles. The zero-order valence-electron chi connectivity index (χ0n) is 17.8. The number of nitrogens with zero attached hydrogens (tertiary/aromatic N) is 1. The monoisotopic (exact) mass is 452 g/mol. The van der Waals surface area contributed by atoms with Crippen molar-refractivity contribution in [2.24, 2.45) is 0 Å². The van der Waals surface area contributed by atoms with E-state index in [1.807, 2.05) is 30.3 Å². The number of carbonyl (C=O) groups excluding carboxylic acids is 1. The molecule has 1 heterocycles. The summed E-state index contributed by atoms with van der Waals surface area (Å²) in [5.41, 5.74) is 2.04. The number of hydrogen-bond donors (Lipinski definition) is 1. The molecule has 4 rings (SSSR count). The van der Waals surface area contributed by atoms with Gasteiger partial charge in [0.25, 0.3) is 15.9 Å². The number of amides is 1. The molecule has 1 aliphatic heterocycles. The van der Waals surface area contributed by atoms with Crippen LogP contribution < -0.4 is 19.1 Å². The van der Waals surface area contributed by atoms with E-state index in [1.165, 1.54) is 17.5 Å². The van der Waals surface area contributed by atoms with Crippen LogP contribution in [0.3, 0.4) is 0 Å². The molecule has 3 aromatic carbocycles. The van der Waals surface area contributed by atoms with Gasteiger partial charge >= 0.3 is 0 Å². The molecular formula is C24H24N2O5S. The highest BCUT2D eigenvalue weighted by atomic mass is 32.2. The molecule has 8 heteroatoms. The smallest absolute Gasteiger partial charge is 0.264 e. The number of benzene rings is 3. The Kier molecular flexibility index (Phi) is 6.05. The van der Waals surface area contributed by atoms with Crippen molar-refractivity contribution < 1.29 is 22.7 Å². The van der Waals surface area contributed by atoms with E-state index in [9.17, 15) is 13.2 Å². The molecule has 0 saturated heterocycles. The second kappa shape index (κ2) is 8.92. The molecule has 0 aromatic heterocycles. The van der Waals surface area contributed by atoms with Gasteiger partial charge < -0.3 is 14.8 Å². The van der Waals surface area contributed by atoms with Gasteiger partial charge in [0.1, 0.15) is 11.5 Å². The number of sulfonamides is 1. The Morgan fingerprint density at radius 1 is 1.09 bits per heavy atom. The molecule has 7 nitrogen and oxygen atoms in total. The van der Waals surface area contributed by atoms with E-state index >= 15 is 0 Å². The van der Waals surface area contributed by atoms with Gasteiger partial charge in [-0.05, 0) is 48.4 Å². The number of methoxy groups -OCH3 is 1. The zero-order valence-corrected chi connectivity index (χ0v) is 18.6. The van der Waals surface area contributed by atoms with E-state index in [2.05, 4.69) is 5.32 Å². The normalized spacial score (nSPS) is 15.4. The predicted octanol–water partition coefficient (Wildman–Crippen LogP) is 3.28. The third kappa shape index (κ3) is 4.27. The van der Waals surface area contributed by atoms with Gasteiger partial charge in [0.2, 0.25) is 0 Å². The van der Waals surface area contributed by atoms with Gasteiger partial charge in [0, 0.05) is 6.54 Å². The average Bonchev–Trinajstić information content (AvgIpc) is 2.82. The molecular weight excluding hydrogens is 428 g/mol. The van der Waals surface area contributed by atoms with Crippen molar-refractivity contribution in [2.75, 3.05) is 18.0 Å². The Labute approximate surface area is 187 Å². The summed E-state index contributed by atoms with van der Waals surface area (Å²) in [6.07, 6.45) is -0.984. The molecule has 1 amide bonds. The highest BCUT2D eigenvalue weighted by Gasteiger charge is 2.37. The molecule has 0 radical (unpaired) electrons. The third-order valence-corrected chi connectivity index (χ3v) is 7.07. The van der Waals surface area contributed by atoms with E-state index in [-0.39, 0.29) is 17.3 Å². The first kappa shape index (κ1) is 21.7. The van der Waals surface area contributed by atoms with Crippen LogP contribution in [0.1, 0.15) is 11.1 Å². The van der Waals surface area contributed by atoms with Crippen LogP contribution in [0.25, 0.3) is 0 Å². The fourth-order valence-electron chi connectivity index (χ4n) is 3.60. The minimum absolute atomic E-state index is 0.121. The Hall–Kier alpha value is -3.52. The minimum Gasteiger partial charge on any atom is -0.496 e. The van der Waals surface area contributed by atoms with Crippen LogP contribution in [0.4, 0.5) is 5.69 Å². The lowest BCUT2D eigenvalue weighted by atomic mass is 10.2. The number of fused-ring (bicyclic) bond motifs is 1. The van der Waals surface area contributed by atoms with E-state index < -0.39 is 16.1 Å². The highest BCUT2D eigenvalue weighted by Crippen LogP contribution is 2.37. The average molecular weight is 453 g/mol. The maximum atomic E-state index is 13.5. The largest absolute Gasteiger partial charge is 0.496 e. The summed E-state index contributed by atoms with van der Waals surface area (Å²) in [5.74, 6) is 0.561. The molecule has 0 spiro atoms. The number of carbonyl (C=O) groups is 1. The number of rotatable bonds is 6. The number of anilines is 1. The van der Waals surface area contributed by atoms with Crippen LogP contribution in [0.2, 0.25) is 0 Å². The Morgan fingerprint density at radius 2 is 1.81 bits per heavy atom. The Bertz CT molecular complexity index is 1230. The molecule has 0 saturated carbocycles. The quantitative estimate of drug-likeness (QED) is 0.621. The predicted molar refractivity (Wildman–Crippen MR) is 121 cm³/mol. The van der Waals surface area contributed by atoms with Crippen molar-refractivity contribution in [3.63, 3.8) is 0 Å². The van der Waals surface area contributed by atoms with Gasteiger partial charge in [-0.25, -0.2) is 8.42 Å². The number of ether oxygens (including phenoxy) is 2. The van der Waals surface area contributed by atoms with Crippen LogP contribution in [0.5, 0.6) is 11.5 Å². The minimum atomic E-state index is -3.94. The van der Waals surface area contributed by atoms with Crippen molar-refractivity contribution in [1.29, 1.82) is 0 Å². The van der Waals surface area contributed by atoms with Gasteiger partial charge in [0.15, 0.2) is 6.10 Å². The molecule has 0 fully saturated rings. The van der Waals surface area contributed by atoms with Crippen LogP contribution >= 0.6 is 0 Å². The van der Waals surface area contributed by atoms with Crippen molar-refractivity contribution >= 4 is 21.6 Å². The lowest BCUT2D eigenvalue weighted by molar-refractivity contribution is -0.127. The molecule has 32 heavy (non-hydrogen) atoms. The van der Waals surface area contributed by atoms with Crippen LogP contribution in [0, 0.1) is 6.92 Å². The van der Waals surface area contributed by atoms with Gasteiger partial charge in [-0.3, -0.25) is 9.10 Å². The first-order valence-corrected chi connectivity index (χ1v) is 11.6. The lowest BCUT2D eigenvalue weighted by Crippen LogP contribution is -2.50. The maximum Gasteiger partial charge on any atom is 0.264 e. The molecule has 3 aromatic rings. The summed E-state index contributed by atoms with van der Waals surface area (Å²) in [7, 11) is -2.40. The topological polar surface area (TPSA) is 84.9 Å². The van der Waals surface area contributed by atoms with Gasteiger partial charge in [-0.15, -0.1) is 0 Å². The summed E-state index contributed by atoms with van der Waals surface area (Å²) in [4.78, 5) is 13.0. The van der Waals surface area contributed by atoms with Gasteiger partial charge in [0.05, 0.1) is 24.2 Å². The maximum absolute atomic E-state index is 13.5. The fourth-order valence-corrected chi connectivity index (χ4v) is 5.17. The summed E-state index contributed by atoms with van der Waals surface area (Å²) in [5, 5.41) is 2.83. The van der Waals surface area contributed by atoms with Gasteiger partial charge in [-0.1, -0.05) is 42.5 Å². The molecule has 0 unspecified atom stereocenters. The lowest BCUT2D eigenvalue weighted by Gasteiger charge is -2.34.